The van der Waals surface area contributed by atoms with Crippen molar-refractivity contribution in [3.63, 3.8) is 0 Å². The van der Waals surface area contributed by atoms with Crippen LogP contribution >= 0.6 is 0 Å². The van der Waals surface area contributed by atoms with Crippen LogP contribution in [0.3, 0.4) is 0 Å². The fraction of sp³-hybridized carbons (Fsp3) is 0.488. The number of rotatable bonds is 4. The van der Waals surface area contributed by atoms with Crippen molar-refractivity contribution in [2.45, 2.75) is 209 Å². The van der Waals surface area contributed by atoms with Gasteiger partial charge in [0, 0.05) is 81.8 Å². The van der Waals surface area contributed by atoms with Gasteiger partial charge in [0.05, 0.1) is 22.1 Å². The Hall–Kier alpha value is -7.59. The van der Waals surface area contributed by atoms with E-state index in [2.05, 4.69) is 146 Å². The van der Waals surface area contributed by atoms with Crippen LogP contribution in [-0.2, 0) is 4.79 Å². The zero-order valence-electron chi connectivity index (χ0n) is 57.6. The number of carbonyl (C=O) groups is 1. The highest BCUT2D eigenvalue weighted by atomic mass is 16.3. The minimum Gasteiger partial charge on any atom is -0.850 e. The first-order valence-electron chi connectivity index (χ1n) is 37.2. The second-order valence-corrected chi connectivity index (χ2v) is 34.3. The second-order valence-electron chi connectivity index (χ2n) is 34.3. The van der Waals surface area contributed by atoms with Crippen LogP contribution in [0.5, 0.6) is 0 Å². The summed E-state index contributed by atoms with van der Waals surface area (Å²) in [5, 5.41) is 112. The van der Waals surface area contributed by atoms with Crippen LogP contribution in [0.25, 0.3) is 54.2 Å². The molecule has 4 aliphatic heterocycles. The normalized spacial score (nSPS) is 37.8. The van der Waals surface area contributed by atoms with Gasteiger partial charge in [-0.1, -0.05) is 188 Å². The summed E-state index contributed by atoms with van der Waals surface area (Å²) in [5.74, 6) is -0.576. The van der Waals surface area contributed by atoms with Gasteiger partial charge in [-0.05, 0) is 172 Å². The Bertz CT molecular complexity index is 5000. The number of nitrogens with one attached hydrogen (secondary N) is 8. The number of ketones is 1. The van der Waals surface area contributed by atoms with Crippen molar-refractivity contribution in [2.24, 2.45) is 47.3 Å². The van der Waals surface area contributed by atoms with Crippen LogP contribution in [0.15, 0.2) is 109 Å². The first-order chi connectivity index (χ1) is 47.1. The van der Waals surface area contributed by atoms with Crippen LogP contribution in [0, 0.1) is 47.3 Å². The largest absolute Gasteiger partial charge is 0.850 e. The molecule has 11 aliphatic rings. The highest BCUT2D eigenvalue weighted by Gasteiger charge is 2.53. The summed E-state index contributed by atoms with van der Waals surface area (Å²) >= 11 is 0. The van der Waals surface area contributed by atoms with E-state index in [9.17, 15) is 0 Å². The van der Waals surface area contributed by atoms with Crippen LogP contribution < -0.4 is 88.6 Å². The van der Waals surface area contributed by atoms with Crippen molar-refractivity contribution in [1.82, 2.24) is 0 Å². The SMILES string of the molecule is CC1CC(C)CC2(C1)Nc1cccc3ccc(C4C([O-])C(=c5ccc6ccc(C7C(=O)C(c8ccc9ccc(C%10C([O-])C(=c%11ccc%12cccc%13c%12c%11=[NH+]C%11(CC(C)CC(C)C%11)N%13)C%10[O-])c%10c9c8NC8(CC(C)CC(C)C8)N%10)C7[O-])c7c6c5NC5(CC(C)CC(C)C5)[NH+]=7)C4[O-])c(c13)N2. The minimum absolute atomic E-state index is 0.158. The molecule has 8 aromatic rings. The molecular weight excluding hydrogens is 1220 g/mol. The molecule has 15 unspecified atom stereocenters. The number of benzene rings is 8. The average molecular weight is 1310 g/mol. The lowest BCUT2D eigenvalue weighted by Gasteiger charge is -2.58. The molecular formula is C84H91N8O6-3. The standard InChI is InChI=1S/C84H89N8O6/c1-39-27-40(2)32-81(31-39)85-57-13-9-11-47-15-21-51(69(87-81)59(47)57)63-75(93)65(76(63)94)53-23-17-49-19-25-55(73-61(49)71(53)89-83(91-73)35-43(5)29-44(6)36-83)67-79(97)68(80(67)98)56-26-20-50-18-24-54(72-62(50)74(56)92-84(90-72)37-45(7)30-46(8)38-84)66-77(95)64(78(66)96)52-22-16-48-12-10-14-58-60(48)70(52)88-82(86-58)33-41(3)28-42(4)34-82/h9-26,39-46,63,66-68,75-79,85-87,89-90,92H,27-38H2,1-8H3/q-5/p+2. The molecule has 14 heteroatoms. The van der Waals surface area contributed by atoms with E-state index in [0.29, 0.717) is 80.4 Å². The molecule has 4 spiro atoms. The topological polar surface area (TPSA) is 232 Å². The number of carbonyl (C=O) groups excluding carboxylic acids is 1. The lowest BCUT2D eigenvalue weighted by atomic mass is 9.63. The van der Waals surface area contributed by atoms with Gasteiger partial charge >= 0.3 is 0 Å². The van der Waals surface area contributed by atoms with Crippen molar-refractivity contribution >= 4 is 94.1 Å². The Morgan fingerprint density at radius 2 is 0.745 bits per heavy atom. The van der Waals surface area contributed by atoms with Gasteiger partial charge in [-0.25, -0.2) is 9.98 Å². The van der Waals surface area contributed by atoms with Gasteiger partial charge in [0.15, 0.2) is 0 Å². The quantitative estimate of drug-likeness (QED) is 0.104. The van der Waals surface area contributed by atoms with Crippen molar-refractivity contribution < 1.29 is 40.3 Å². The zero-order valence-corrected chi connectivity index (χ0v) is 57.6. The number of hydrogen-bond acceptors (Lipinski definition) is 12. The van der Waals surface area contributed by atoms with Crippen LogP contribution in [0.2, 0.25) is 0 Å². The second kappa shape index (κ2) is 21.5. The van der Waals surface area contributed by atoms with Crippen LogP contribution in [-0.4, -0.2) is 59.0 Å². The molecule has 0 aromatic heterocycles. The lowest BCUT2D eigenvalue weighted by molar-refractivity contribution is -0.592. The summed E-state index contributed by atoms with van der Waals surface area (Å²) in [6.45, 7) is 18.4. The Morgan fingerprint density at radius 3 is 1.29 bits per heavy atom. The molecule has 0 bridgehead atoms. The van der Waals surface area contributed by atoms with Gasteiger partial charge in [0.2, 0.25) is 22.0 Å². The molecule has 98 heavy (non-hydrogen) atoms. The minimum atomic E-state index is -1.37. The maximum Gasteiger partial charge on any atom is 0.235 e. The maximum atomic E-state index is 15.9. The molecule has 19 rings (SSSR count). The van der Waals surface area contributed by atoms with E-state index in [0.717, 1.165) is 176 Å². The zero-order chi connectivity index (χ0) is 67.1. The van der Waals surface area contributed by atoms with Crippen LogP contribution in [0.4, 0.5) is 34.1 Å². The molecule has 8 N–H and O–H groups in total. The molecule has 0 amide bonds. The highest BCUT2D eigenvalue weighted by molar-refractivity contribution is 6.12. The van der Waals surface area contributed by atoms with Gasteiger partial charge in [-0.3, -0.25) is 4.79 Å². The third-order valence-electron chi connectivity index (χ3n) is 26.1. The van der Waals surface area contributed by atoms with Crippen molar-refractivity contribution in [3.05, 3.63) is 153 Å². The predicted molar refractivity (Wildman–Crippen MR) is 378 cm³/mol. The predicted octanol–water partition coefficient (Wildman–Crippen LogP) is 5.83. The van der Waals surface area contributed by atoms with E-state index in [-0.39, 0.29) is 5.78 Å². The van der Waals surface area contributed by atoms with Gasteiger partial charge < -0.3 is 57.4 Å². The summed E-state index contributed by atoms with van der Waals surface area (Å²) < 4.78 is 0. The first kappa shape index (κ1) is 61.5. The third-order valence-corrected chi connectivity index (χ3v) is 26.1. The van der Waals surface area contributed by atoms with Gasteiger partial charge in [0.1, 0.15) is 17.1 Å². The van der Waals surface area contributed by atoms with E-state index < -0.39 is 76.8 Å². The molecule has 7 fully saturated rings. The smallest absolute Gasteiger partial charge is 0.235 e. The third kappa shape index (κ3) is 8.97. The molecule has 4 heterocycles. The van der Waals surface area contributed by atoms with Crippen molar-refractivity contribution in [2.75, 3.05) is 31.9 Å². The molecule has 7 aliphatic carbocycles. The van der Waals surface area contributed by atoms with Gasteiger partial charge in [-0.15, -0.1) is 0 Å². The van der Waals surface area contributed by atoms with E-state index in [4.69, 9.17) is 0 Å². The average Bonchev–Trinajstić information content (AvgIpc) is 0.705. The van der Waals surface area contributed by atoms with Gasteiger partial charge in [0.25, 0.3) is 0 Å². The monoisotopic (exact) mass is 1310 g/mol. The Kier molecular flexibility index (Phi) is 13.5. The van der Waals surface area contributed by atoms with Crippen molar-refractivity contribution in [3.8, 4) is 0 Å². The van der Waals surface area contributed by atoms with Crippen molar-refractivity contribution in [1.29, 1.82) is 0 Å². The fourth-order valence-electron chi connectivity index (χ4n) is 23.3. The van der Waals surface area contributed by atoms with E-state index >= 15 is 30.3 Å². The van der Waals surface area contributed by atoms with E-state index in [1.165, 1.54) is 0 Å². The molecule has 15 atom stereocenters. The maximum absolute atomic E-state index is 15.9. The van der Waals surface area contributed by atoms with E-state index in [1.54, 1.807) is 0 Å². The molecule has 8 aromatic carbocycles. The molecule has 14 nitrogen and oxygen atoms in total. The molecule has 506 valence electrons. The summed E-state index contributed by atoms with van der Waals surface area (Å²) in [7, 11) is 0. The molecule has 0 saturated heterocycles. The summed E-state index contributed by atoms with van der Waals surface area (Å²) in [6.07, 6.45) is 4.53. The highest BCUT2D eigenvalue weighted by Crippen LogP contribution is 2.57. The molecule has 7 saturated carbocycles. The Labute approximate surface area is 572 Å². The number of hydrogen-bond donors (Lipinski definition) is 8. The Morgan fingerprint density at radius 1 is 0.357 bits per heavy atom. The summed E-state index contributed by atoms with van der Waals surface area (Å²) in [6, 6.07) is 36.7. The Balaban J connectivity index is 0.711. The molecule has 0 radical (unpaired) electrons. The fourth-order valence-corrected chi connectivity index (χ4v) is 23.3. The summed E-state index contributed by atoms with van der Waals surface area (Å²) in [4.78, 5) is 23.8. The van der Waals surface area contributed by atoms with Gasteiger partial charge in [-0.2, -0.15) is 0 Å². The lowest BCUT2D eigenvalue weighted by Crippen LogP contribution is -2.96. The number of anilines is 6. The number of Topliss-reactive ketones (excluding diaryl/α,β-unsaturated/α-hetero) is 1. The van der Waals surface area contributed by atoms with E-state index in [1.807, 2.05) is 60.7 Å². The summed E-state index contributed by atoms with van der Waals surface area (Å²) in [5.41, 5.74) is 6.53. The van der Waals surface area contributed by atoms with Crippen LogP contribution in [0.1, 0.15) is 178 Å². The first-order valence-corrected chi connectivity index (χ1v) is 37.2.